The first-order chi connectivity index (χ1) is 34.7. The van der Waals surface area contributed by atoms with Crippen molar-refractivity contribution in [2.24, 2.45) is 11.8 Å². The zero-order valence-corrected chi connectivity index (χ0v) is 47.9. The summed E-state index contributed by atoms with van der Waals surface area (Å²) in [4.78, 5) is 2.58. The van der Waals surface area contributed by atoms with Gasteiger partial charge in [-0.05, 0) is 84.7 Å². The molecule has 0 bridgehead atoms. The molecule has 4 rings (SSSR count). The van der Waals surface area contributed by atoms with E-state index in [1.807, 2.05) is 22.7 Å². The van der Waals surface area contributed by atoms with Gasteiger partial charge in [0.15, 0.2) is 0 Å². The highest BCUT2D eigenvalue weighted by molar-refractivity contribution is 7.13. The molecule has 0 saturated carbocycles. The van der Waals surface area contributed by atoms with Crippen LogP contribution < -0.4 is 9.47 Å². The van der Waals surface area contributed by atoms with Crippen LogP contribution in [-0.4, -0.2) is 13.2 Å². The van der Waals surface area contributed by atoms with Crippen LogP contribution in [0.15, 0.2) is 59.3 Å². The summed E-state index contributed by atoms with van der Waals surface area (Å²) in [5.74, 6) is 3.30. The molecular weight excluding hydrogens is 889 g/mol. The van der Waals surface area contributed by atoms with Crippen LogP contribution in [0.5, 0.6) is 11.5 Å². The van der Waals surface area contributed by atoms with Gasteiger partial charge in [0.25, 0.3) is 0 Å². The minimum atomic E-state index is 0.588. The molecule has 0 aliphatic heterocycles. The second-order valence-electron chi connectivity index (χ2n) is 21.8. The van der Waals surface area contributed by atoms with E-state index in [2.05, 4.69) is 87.0 Å². The maximum atomic E-state index is 7.29. The van der Waals surface area contributed by atoms with Crippen LogP contribution in [0.1, 0.15) is 285 Å². The highest BCUT2D eigenvalue weighted by Crippen LogP contribution is 2.46. The second-order valence-corrected chi connectivity index (χ2v) is 23.7. The molecule has 0 spiro atoms. The predicted octanol–water partition coefficient (Wildman–Crippen LogP) is 24.0. The van der Waals surface area contributed by atoms with Gasteiger partial charge >= 0.3 is 0 Å². The predicted molar refractivity (Wildman–Crippen MR) is 316 cm³/mol. The molecule has 0 aliphatic rings. The Labute approximate surface area is 441 Å². The zero-order chi connectivity index (χ0) is 49.4. The quantitative estimate of drug-likeness (QED) is 0.0411. The van der Waals surface area contributed by atoms with Gasteiger partial charge in [0.1, 0.15) is 11.5 Å². The number of thiophene rings is 2. The molecule has 0 radical (unpaired) electrons. The first kappa shape index (κ1) is 60.3. The van der Waals surface area contributed by atoms with Crippen molar-refractivity contribution in [1.82, 2.24) is 0 Å². The Morgan fingerprint density at radius 1 is 0.314 bits per heavy atom. The van der Waals surface area contributed by atoms with Crippen molar-refractivity contribution < 1.29 is 9.47 Å². The van der Waals surface area contributed by atoms with Crippen molar-refractivity contribution in [3.63, 3.8) is 0 Å². The molecule has 0 fully saturated rings. The van der Waals surface area contributed by atoms with E-state index in [4.69, 9.17) is 9.47 Å². The fourth-order valence-electron chi connectivity index (χ4n) is 10.9. The zero-order valence-electron chi connectivity index (χ0n) is 46.3. The average molecular weight is 998 g/mol. The van der Waals surface area contributed by atoms with Crippen molar-refractivity contribution in [3.05, 3.63) is 59.3 Å². The minimum absolute atomic E-state index is 0.588. The first-order valence-corrected chi connectivity index (χ1v) is 32.4. The van der Waals surface area contributed by atoms with Gasteiger partial charge in [-0.25, -0.2) is 0 Å². The standard InChI is InChI=1S/C66H108O2S2/c1-5-9-13-17-21-25-27-31-35-39-45-57(43-37-33-29-23-19-15-11-7-3)55-67-65-59-49-52-62(64-48-42-54-70-64)66(60(59)50-51-61(65)63-47-41-53-69-63)68-56-58(44-38-34-30-24-20-16-12-8-4)46-40-36-32-28-26-22-18-14-10-6-2/h41-42,47-54,57-58H,5-40,43-46,55-56H2,1-4H3. The molecule has 2 nitrogen and oxygen atoms in total. The molecule has 0 amide bonds. The number of unbranched alkanes of at least 4 members (excludes halogenated alkanes) is 32. The monoisotopic (exact) mass is 997 g/mol. The van der Waals surface area contributed by atoms with Crippen molar-refractivity contribution in [3.8, 4) is 32.4 Å². The second kappa shape index (κ2) is 41.1. The highest BCUT2D eigenvalue weighted by Gasteiger charge is 2.21. The Morgan fingerprint density at radius 2 is 0.571 bits per heavy atom. The molecule has 0 N–H and O–H groups in total. The Bertz CT molecular complexity index is 1630. The van der Waals surface area contributed by atoms with Crippen LogP contribution in [0.3, 0.4) is 0 Å². The lowest BCUT2D eigenvalue weighted by Gasteiger charge is -2.23. The normalized spacial score (nSPS) is 12.6. The average Bonchev–Trinajstić information content (AvgIpc) is 4.13. The smallest absolute Gasteiger partial charge is 0.135 e. The Kier molecular flexibility index (Phi) is 35.4. The van der Waals surface area contributed by atoms with Crippen molar-refractivity contribution in [2.75, 3.05) is 13.2 Å². The van der Waals surface area contributed by atoms with Gasteiger partial charge < -0.3 is 9.47 Å². The van der Waals surface area contributed by atoms with Gasteiger partial charge in [-0.3, -0.25) is 0 Å². The lowest BCUT2D eigenvalue weighted by atomic mass is 9.94. The largest absolute Gasteiger partial charge is 0.492 e. The van der Waals surface area contributed by atoms with E-state index in [1.54, 1.807) is 0 Å². The third kappa shape index (κ3) is 25.6. The third-order valence-electron chi connectivity index (χ3n) is 15.5. The topological polar surface area (TPSA) is 18.5 Å². The molecule has 0 saturated heterocycles. The van der Waals surface area contributed by atoms with Gasteiger partial charge in [0, 0.05) is 31.7 Å². The van der Waals surface area contributed by atoms with Crippen LogP contribution in [0.25, 0.3) is 31.7 Å². The lowest BCUT2D eigenvalue weighted by Crippen LogP contribution is -2.14. The first-order valence-electron chi connectivity index (χ1n) is 30.6. The summed E-state index contributed by atoms with van der Waals surface area (Å²) in [7, 11) is 0. The number of rotatable bonds is 48. The fourth-order valence-corrected chi connectivity index (χ4v) is 12.4. The van der Waals surface area contributed by atoms with Crippen LogP contribution >= 0.6 is 22.7 Å². The molecule has 2 heterocycles. The van der Waals surface area contributed by atoms with Crippen LogP contribution in [0.4, 0.5) is 0 Å². The Hall–Kier alpha value is -2.30. The van der Waals surface area contributed by atoms with E-state index in [1.165, 1.54) is 288 Å². The summed E-state index contributed by atoms with van der Waals surface area (Å²) in [6.07, 6.45) is 55.0. The SMILES string of the molecule is CCCCCCCCCCCCC(CCCCCCCCCC)COc1c(-c2cccs2)ccc2c(OCC(CCCCCCCCCC)CCCCCCCCCCCC)c(-c3cccs3)ccc12. The summed E-state index contributed by atoms with van der Waals surface area (Å²) < 4.78 is 14.6. The summed E-state index contributed by atoms with van der Waals surface area (Å²) in [5, 5.41) is 6.85. The summed E-state index contributed by atoms with van der Waals surface area (Å²) in [6.45, 7) is 10.9. The summed E-state index contributed by atoms with van der Waals surface area (Å²) in [6, 6.07) is 18.4. The van der Waals surface area contributed by atoms with Crippen LogP contribution in [-0.2, 0) is 0 Å². The van der Waals surface area contributed by atoms with E-state index in [0.717, 1.165) is 24.7 Å². The third-order valence-corrected chi connectivity index (χ3v) is 17.3. The van der Waals surface area contributed by atoms with E-state index in [0.29, 0.717) is 11.8 Å². The lowest BCUT2D eigenvalue weighted by molar-refractivity contribution is 0.225. The van der Waals surface area contributed by atoms with Crippen molar-refractivity contribution >= 4 is 33.4 Å². The van der Waals surface area contributed by atoms with Crippen LogP contribution in [0.2, 0.25) is 0 Å². The molecule has 2 atom stereocenters. The molecule has 4 aromatic rings. The van der Waals surface area contributed by atoms with Gasteiger partial charge in [0.05, 0.1) is 13.2 Å². The Balaban J connectivity index is 1.51. The molecule has 396 valence electrons. The molecule has 0 aliphatic carbocycles. The number of fused-ring (bicyclic) bond motifs is 1. The molecule has 70 heavy (non-hydrogen) atoms. The van der Waals surface area contributed by atoms with Gasteiger partial charge in [0.2, 0.25) is 0 Å². The van der Waals surface area contributed by atoms with E-state index in [-0.39, 0.29) is 0 Å². The minimum Gasteiger partial charge on any atom is -0.492 e. The number of ether oxygens (including phenoxy) is 2. The maximum absolute atomic E-state index is 7.29. The molecule has 2 aromatic heterocycles. The van der Waals surface area contributed by atoms with Crippen molar-refractivity contribution in [2.45, 2.75) is 285 Å². The van der Waals surface area contributed by atoms with Gasteiger partial charge in [-0.15, -0.1) is 22.7 Å². The molecule has 2 aromatic carbocycles. The molecule has 4 heteroatoms. The molecule has 2 unspecified atom stereocenters. The number of hydrogen-bond acceptors (Lipinski definition) is 4. The van der Waals surface area contributed by atoms with E-state index >= 15 is 0 Å². The number of benzene rings is 2. The highest BCUT2D eigenvalue weighted by atomic mass is 32.1. The van der Waals surface area contributed by atoms with E-state index in [9.17, 15) is 0 Å². The van der Waals surface area contributed by atoms with Crippen LogP contribution in [0, 0.1) is 11.8 Å². The summed E-state index contributed by atoms with van der Waals surface area (Å²) in [5.41, 5.74) is 2.46. The van der Waals surface area contributed by atoms with E-state index < -0.39 is 0 Å². The number of hydrogen-bond donors (Lipinski definition) is 0. The maximum Gasteiger partial charge on any atom is 0.135 e. The summed E-state index contributed by atoms with van der Waals surface area (Å²) >= 11 is 3.66. The van der Waals surface area contributed by atoms with Gasteiger partial charge in [-0.2, -0.15) is 0 Å². The Morgan fingerprint density at radius 3 is 0.814 bits per heavy atom. The van der Waals surface area contributed by atoms with Crippen molar-refractivity contribution in [1.29, 1.82) is 0 Å². The van der Waals surface area contributed by atoms with Gasteiger partial charge in [-0.1, -0.05) is 271 Å². The fraction of sp³-hybridized carbons (Fsp3) is 0.727. The molecular formula is C66H108O2S2.